The highest BCUT2D eigenvalue weighted by Gasteiger charge is 2.20. The standard InChI is InChI=1S/C29H18N2O6S/c1-2-16-12-21-20(17-7-4-3-5-8-17)14-25(32)36-27(21)22-13-23(29(33)37-26(16)22)28-30-24(15-38-28)18-9-6-10-19(11-18)31(34)35/h3-15H,2H2,1H3. The number of non-ortho nitro benzene ring substituents is 1. The molecular formula is C29H18N2O6S. The van der Waals surface area contributed by atoms with Gasteiger partial charge in [-0.15, -0.1) is 11.3 Å². The van der Waals surface area contributed by atoms with Gasteiger partial charge in [0.15, 0.2) is 0 Å². The van der Waals surface area contributed by atoms with Crippen molar-refractivity contribution in [2.75, 3.05) is 0 Å². The summed E-state index contributed by atoms with van der Waals surface area (Å²) < 4.78 is 11.5. The maximum Gasteiger partial charge on any atom is 0.346 e. The van der Waals surface area contributed by atoms with E-state index in [2.05, 4.69) is 4.98 Å². The normalized spacial score (nSPS) is 11.3. The molecule has 0 saturated carbocycles. The van der Waals surface area contributed by atoms with E-state index in [0.29, 0.717) is 39.2 Å². The second-order valence-electron chi connectivity index (χ2n) is 8.65. The van der Waals surface area contributed by atoms with Crippen molar-refractivity contribution in [3.63, 3.8) is 0 Å². The van der Waals surface area contributed by atoms with Crippen LogP contribution >= 0.6 is 11.3 Å². The molecule has 0 aliphatic carbocycles. The maximum atomic E-state index is 13.1. The largest absolute Gasteiger partial charge is 0.422 e. The quantitative estimate of drug-likeness (QED) is 0.105. The van der Waals surface area contributed by atoms with Gasteiger partial charge >= 0.3 is 11.3 Å². The summed E-state index contributed by atoms with van der Waals surface area (Å²) in [5, 5.41) is 14.5. The molecule has 6 aromatic rings. The van der Waals surface area contributed by atoms with Gasteiger partial charge in [-0.3, -0.25) is 10.1 Å². The van der Waals surface area contributed by atoms with Gasteiger partial charge in [0, 0.05) is 34.5 Å². The smallest absolute Gasteiger partial charge is 0.346 e. The van der Waals surface area contributed by atoms with Crippen molar-refractivity contribution in [1.29, 1.82) is 0 Å². The minimum absolute atomic E-state index is 0.0508. The Morgan fingerprint density at radius 2 is 1.66 bits per heavy atom. The number of fused-ring (bicyclic) bond motifs is 3. The highest BCUT2D eigenvalue weighted by Crippen LogP contribution is 2.36. The van der Waals surface area contributed by atoms with Crippen molar-refractivity contribution in [2.24, 2.45) is 0 Å². The van der Waals surface area contributed by atoms with Gasteiger partial charge in [0.25, 0.3) is 5.69 Å². The Bertz CT molecular complexity index is 1990. The van der Waals surface area contributed by atoms with Gasteiger partial charge in [0.2, 0.25) is 0 Å². The number of rotatable bonds is 5. The van der Waals surface area contributed by atoms with Crippen LogP contribution in [0.3, 0.4) is 0 Å². The zero-order chi connectivity index (χ0) is 26.4. The molecule has 0 aliphatic heterocycles. The Kier molecular flexibility index (Phi) is 5.69. The van der Waals surface area contributed by atoms with Gasteiger partial charge in [-0.1, -0.05) is 49.4 Å². The highest BCUT2D eigenvalue weighted by atomic mass is 32.1. The lowest BCUT2D eigenvalue weighted by Crippen LogP contribution is -2.05. The number of nitrogens with zero attached hydrogens (tertiary/aromatic N) is 2. The second kappa shape index (κ2) is 9.20. The number of nitro groups is 1. The van der Waals surface area contributed by atoms with Gasteiger partial charge < -0.3 is 8.83 Å². The Balaban J connectivity index is 1.58. The van der Waals surface area contributed by atoms with Crippen LogP contribution in [0.4, 0.5) is 5.69 Å². The minimum atomic E-state index is -0.576. The molecule has 0 radical (unpaired) electrons. The summed E-state index contributed by atoms with van der Waals surface area (Å²) in [6.07, 6.45) is 0.594. The maximum absolute atomic E-state index is 13.1. The molecule has 0 N–H and O–H groups in total. The zero-order valence-corrected chi connectivity index (χ0v) is 20.8. The van der Waals surface area contributed by atoms with E-state index < -0.39 is 16.2 Å². The molecule has 0 unspecified atom stereocenters. The topological polar surface area (TPSA) is 116 Å². The van der Waals surface area contributed by atoms with Crippen LogP contribution in [0.2, 0.25) is 0 Å². The molecule has 9 heteroatoms. The summed E-state index contributed by atoms with van der Waals surface area (Å²) in [4.78, 5) is 41.0. The molecule has 6 rings (SSSR count). The predicted molar refractivity (Wildman–Crippen MR) is 147 cm³/mol. The molecule has 38 heavy (non-hydrogen) atoms. The van der Waals surface area contributed by atoms with E-state index in [9.17, 15) is 19.7 Å². The number of thiazole rings is 1. The third kappa shape index (κ3) is 3.99. The van der Waals surface area contributed by atoms with Crippen LogP contribution < -0.4 is 11.3 Å². The third-order valence-corrected chi connectivity index (χ3v) is 7.23. The van der Waals surface area contributed by atoms with Crippen molar-refractivity contribution in [3.8, 4) is 33.0 Å². The molecule has 3 aromatic carbocycles. The summed E-state index contributed by atoms with van der Waals surface area (Å²) in [5.74, 6) is 0. The molecule has 0 fully saturated rings. The Morgan fingerprint density at radius 1 is 0.868 bits per heavy atom. The van der Waals surface area contributed by atoms with Crippen LogP contribution in [0, 0.1) is 10.1 Å². The first kappa shape index (κ1) is 23.5. The van der Waals surface area contributed by atoms with Crippen LogP contribution in [0.1, 0.15) is 12.5 Å². The molecule has 186 valence electrons. The number of aryl methyl sites for hydroxylation is 1. The van der Waals surface area contributed by atoms with E-state index in [0.717, 1.165) is 22.1 Å². The molecule has 0 saturated heterocycles. The predicted octanol–water partition coefficient (Wildman–Crippen LogP) is 6.83. The fourth-order valence-electron chi connectivity index (χ4n) is 4.54. The molecule has 3 heterocycles. The lowest BCUT2D eigenvalue weighted by Gasteiger charge is -2.11. The average Bonchev–Trinajstić information content (AvgIpc) is 3.42. The van der Waals surface area contributed by atoms with Crippen LogP contribution in [0.5, 0.6) is 0 Å². The van der Waals surface area contributed by atoms with Crippen LogP contribution in [-0.2, 0) is 6.42 Å². The summed E-state index contributed by atoms with van der Waals surface area (Å²) in [5.41, 5.74) is 3.20. The molecule has 0 spiro atoms. The lowest BCUT2D eigenvalue weighted by molar-refractivity contribution is -0.384. The Labute approximate surface area is 218 Å². The summed E-state index contributed by atoms with van der Waals surface area (Å²) in [6.45, 7) is 1.96. The molecule has 8 nitrogen and oxygen atoms in total. The van der Waals surface area contributed by atoms with Crippen molar-refractivity contribution in [1.82, 2.24) is 4.98 Å². The van der Waals surface area contributed by atoms with Gasteiger partial charge in [-0.05, 0) is 35.2 Å². The number of aromatic nitrogens is 1. The first-order valence-electron chi connectivity index (χ1n) is 11.8. The van der Waals surface area contributed by atoms with Crippen molar-refractivity contribution < 1.29 is 13.8 Å². The average molecular weight is 523 g/mol. The molecule has 0 bridgehead atoms. The van der Waals surface area contributed by atoms with E-state index in [1.807, 2.05) is 43.3 Å². The zero-order valence-electron chi connectivity index (χ0n) is 20.0. The van der Waals surface area contributed by atoms with E-state index >= 15 is 0 Å². The monoisotopic (exact) mass is 522 g/mol. The van der Waals surface area contributed by atoms with E-state index in [1.165, 1.54) is 29.5 Å². The van der Waals surface area contributed by atoms with Crippen LogP contribution in [-0.4, -0.2) is 9.91 Å². The summed E-state index contributed by atoms with van der Waals surface area (Å²) in [6, 6.07) is 20.7. The number of hydrogen-bond acceptors (Lipinski definition) is 8. The van der Waals surface area contributed by atoms with Gasteiger partial charge in [0.05, 0.1) is 21.6 Å². The molecule has 0 atom stereocenters. The highest BCUT2D eigenvalue weighted by molar-refractivity contribution is 7.13. The number of hydrogen-bond donors (Lipinski definition) is 0. The first-order chi connectivity index (χ1) is 18.4. The summed E-state index contributed by atoms with van der Waals surface area (Å²) in [7, 11) is 0. The van der Waals surface area contributed by atoms with Gasteiger partial charge in [-0.2, -0.15) is 0 Å². The molecule has 3 aromatic heterocycles. The van der Waals surface area contributed by atoms with Gasteiger partial charge in [-0.25, -0.2) is 14.6 Å². The number of benzene rings is 3. The first-order valence-corrected chi connectivity index (χ1v) is 12.6. The Morgan fingerprint density at radius 3 is 2.42 bits per heavy atom. The molecule has 0 aliphatic rings. The fourth-order valence-corrected chi connectivity index (χ4v) is 5.37. The SMILES string of the molecule is CCc1cc2c(-c3ccccc3)cc(=O)oc2c2cc(-c3nc(-c4cccc([N+](=O)[O-])c4)cs3)c(=O)oc12. The third-order valence-electron chi connectivity index (χ3n) is 6.36. The number of nitro benzene ring substituents is 1. The Hall–Kier alpha value is -4.89. The van der Waals surface area contributed by atoms with Crippen LogP contribution in [0.25, 0.3) is 54.9 Å². The lowest BCUT2D eigenvalue weighted by atomic mass is 9.97. The summed E-state index contributed by atoms with van der Waals surface area (Å²) >= 11 is 1.22. The minimum Gasteiger partial charge on any atom is -0.422 e. The second-order valence-corrected chi connectivity index (χ2v) is 9.50. The molecule has 0 amide bonds. The van der Waals surface area contributed by atoms with Crippen molar-refractivity contribution in [3.05, 3.63) is 115 Å². The fraction of sp³-hybridized carbons (Fsp3) is 0.0690. The van der Waals surface area contributed by atoms with Crippen molar-refractivity contribution >= 4 is 39.0 Å². The van der Waals surface area contributed by atoms with E-state index in [1.54, 1.807) is 23.6 Å². The van der Waals surface area contributed by atoms with Crippen molar-refractivity contribution in [2.45, 2.75) is 13.3 Å². The van der Waals surface area contributed by atoms with E-state index in [-0.39, 0.29) is 11.3 Å². The van der Waals surface area contributed by atoms with Gasteiger partial charge in [0.1, 0.15) is 16.2 Å². The van der Waals surface area contributed by atoms with E-state index in [4.69, 9.17) is 8.83 Å². The van der Waals surface area contributed by atoms with Crippen LogP contribution in [0.15, 0.2) is 96.6 Å². The molecular weight excluding hydrogens is 504 g/mol.